The van der Waals surface area contributed by atoms with Gasteiger partial charge in [-0.3, -0.25) is 9.36 Å². The second-order valence-corrected chi connectivity index (χ2v) is 5.89. The summed E-state index contributed by atoms with van der Waals surface area (Å²) in [4.78, 5) is 31.1. The van der Waals surface area contributed by atoms with Crippen LogP contribution in [0, 0.1) is 0 Å². The second-order valence-electron chi connectivity index (χ2n) is 5.17. The molecule has 0 unspecified atom stereocenters. The van der Waals surface area contributed by atoms with Gasteiger partial charge in [-0.1, -0.05) is 0 Å². The number of rotatable bonds is 4. The second kappa shape index (κ2) is 6.65. The number of nitrogens with zero attached hydrogens (tertiary/aromatic N) is 3. The van der Waals surface area contributed by atoms with E-state index in [4.69, 9.17) is 10.5 Å². The zero-order valence-corrected chi connectivity index (χ0v) is 13.1. The Morgan fingerprint density at radius 1 is 1.46 bits per heavy atom. The monoisotopic (exact) mass is 353 g/mol. The molecule has 1 amide bonds. The van der Waals surface area contributed by atoms with E-state index >= 15 is 0 Å². The standard InChI is InChI=1S/C13H15N5O5S/c14-8-1-2-18(13(22)17-8)12-10(20)9(19)7(23-12)3-15-11(21)6-4-24-5-16-6/h1-2,4-5,7,9-10,12,19-20H,3H2,(H,15,21)(H2,14,17,22)/t7-,9-,10-,12-/m1/s1. The van der Waals surface area contributed by atoms with Crippen molar-refractivity contribution in [3.05, 3.63) is 39.3 Å². The molecular formula is C13H15N5O5S. The lowest BCUT2D eigenvalue weighted by Gasteiger charge is -2.16. The number of carbonyl (C=O) groups is 1. The Kier molecular flexibility index (Phi) is 4.57. The van der Waals surface area contributed by atoms with E-state index in [2.05, 4.69) is 15.3 Å². The molecule has 0 aliphatic carbocycles. The maximum atomic E-state index is 11.8. The van der Waals surface area contributed by atoms with E-state index in [0.29, 0.717) is 0 Å². The van der Waals surface area contributed by atoms with Crippen LogP contribution in [0.3, 0.4) is 0 Å². The Bertz CT molecular complexity index is 779. The third kappa shape index (κ3) is 3.14. The van der Waals surface area contributed by atoms with Gasteiger partial charge in [-0.25, -0.2) is 9.78 Å². The van der Waals surface area contributed by atoms with Crippen LogP contribution in [0.4, 0.5) is 5.82 Å². The van der Waals surface area contributed by atoms with Gasteiger partial charge >= 0.3 is 5.69 Å². The van der Waals surface area contributed by atoms with Crippen molar-refractivity contribution in [2.75, 3.05) is 12.3 Å². The first-order valence-corrected chi connectivity index (χ1v) is 7.94. The third-order valence-electron chi connectivity index (χ3n) is 3.59. The molecule has 24 heavy (non-hydrogen) atoms. The third-order valence-corrected chi connectivity index (χ3v) is 4.18. The average molecular weight is 353 g/mol. The first kappa shape index (κ1) is 16.5. The summed E-state index contributed by atoms with van der Waals surface area (Å²) in [5.41, 5.74) is 6.48. The molecule has 10 nitrogen and oxygen atoms in total. The Morgan fingerprint density at radius 3 is 2.92 bits per heavy atom. The number of ether oxygens (including phenoxy) is 1. The normalized spacial score (nSPS) is 26.4. The van der Waals surface area contributed by atoms with Crippen LogP contribution in [0.15, 0.2) is 27.9 Å². The number of amides is 1. The topological polar surface area (TPSA) is 153 Å². The number of nitrogen functional groups attached to an aromatic ring is 1. The maximum absolute atomic E-state index is 11.8. The molecule has 2 aromatic rings. The van der Waals surface area contributed by atoms with E-state index in [9.17, 15) is 19.8 Å². The molecule has 128 valence electrons. The van der Waals surface area contributed by atoms with Crippen LogP contribution in [0.2, 0.25) is 0 Å². The van der Waals surface area contributed by atoms with Crippen LogP contribution in [0.1, 0.15) is 16.7 Å². The van der Waals surface area contributed by atoms with E-state index in [1.165, 1.54) is 29.1 Å². The molecular weight excluding hydrogens is 338 g/mol. The number of aliphatic hydroxyl groups is 2. The van der Waals surface area contributed by atoms with Crippen molar-refractivity contribution in [2.45, 2.75) is 24.5 Å². The summed E-state index contributed by atoms with van der Waals surface area (Å²) in [6, 6.07) is 1.38. The number of hydrogen-bond acceptors (Lipinski definition) is 9. The first-order valence-electron chi connectivity index (χ1n) is 7.00. The highest BCUT2D eigenvalue weighted by Gasteiger charge is 2.44. The van der Waals surface area contributed by atoms with Crippen LogP contribution >= 0.6 is 11.3 Å². The van der Waals surface area contributed by atoms with Crippen LogP contribution in [-0.4, -0.2) is 55.5 Å². The Morgan fingerprint density at radius 2 is 2.25 bits per heavy atom. The quantitative estimate of drug-likeness (QED) is 0.509. The zero-order chi connectivity index (χ0) is 17.3. The Balaban J connectivity index is 1.68. The molecule has 2 aromatic heterocycles. The fraction of sp³-hybridized carbons (Fsp3) is 0.385. The van der Waals surface area contributed by atoms with Gasteiger partial charge in [0.1, 0.15) is 29.8 Å². The first-order chi connectivity index (χ1) is 11.5. The Labute approximate surface area is 139 Å². The summed E-state index contributed by atoms with van der Waals surface area (Å²) in [6.07, 6.45) is -3.33. The Hall–Kier alpha value is -2.34. The van der Waals surface area contributed by atoms with Gasteiger partial charge in [-0.2, -0.15) is 4.98 Å². The van der Waals surface area contributed by atoms with Crippen molar-refractivity contribution in [3.63, 3.8) is 0 Å². The number of anilines is 1. The molecule has 1 aliphatic rings. The maximum Gasteiger partial charge on any atom is 0.351 e. The molecule has 0 aromatic carbocycles. The number of nitrogens with one attached hydrogen (secondary N) is 1. The van der Waals surface area contributed by atoms with Gasteiger partial charge in [0.25, 0.3) is 5.91 Å². The summed E-state index contributed by atoms with van der Waals surface area (Å²) in [6.45, 7) is -0.0533. The van der Waals surface area contributed by atoms with Crippen LogP contribution < -0.4 is 16.7 Å². The van der Waals surface area contributed by atoms with E-state index in [0.717, 1.165) is 4.57 Å². The van der Waals surface area contributed by atoms with E-state index in [1.807, 2.05) is 0 Å². The minimum absolute atomic E-state index is 0.0383. The molecule has 3 rings (SSSR count). The lowest BCUT2D eigenvalue weighted by molar-refractivity contribution is -0.0386. The predicted octanol–water partition coefficient (Wildman–Crippen LogP) is -1.67. The molecule has 5 N–H and O–H groups in total. The fourth-order valence-electron chi connectivity index (χ4n) is 2.36. The number of hydrogen-bond donors (Lipinski definition) is 4. The van der Waals surface area contributed by atoms with Gasteiger partial charge in [0, 0.05) is 18.1 Å². The molecule has 3 heterocycles. The van der Waals surface area contributed by atoms with Crippen LogP contribution in [-0.2, 0) is 4.74 Å². The number of carbonyl (C=O) groups excluding carboxylic acids is 1. The molecule has 0 radical (unpaired) electrons. The number of aliphatic hydroxyl groups excluding tert-OH is 2. The van der Waals surface area contributed by atoms with Crippen molar-refractivity contribution < 1.29 is 19.7 Å². The molecule has 11 heteroatoms. The largest absolute Gasteiger partial charge is 0.387 e. The van der Waals surface area contributed by atoms with Gasteiger partial charge in [-0.05, 0) is 6.07 Å². The minimum Gasteiger partial charge on any atom is -0.387 e. The molecule has 1 fully saturated rings. The molecule has 0 spiro atoms. The van der Waals surface area contributed by atoms with Crippen molar-refractivity contribution in [2.24, 2.45) is 0 Å². The fourth-order valence-corrected chi connectivity index (χ4v) is 2.89. The summed E-state index contributed by atoms with van der Waals surface area (Å²) >= 11 is 1.28. The van der Waals surface area contributed by atoms with Crippen LogP contribution in [0.25, 0.3) is 0 Å². The highest BCUT2D eigenvalue weighted by atomic mass is 32.1. The van der Waals surface area contributed by atoms with Gasteiger partial charge in [-0.15, -0.1) is 11.3 Å². The summed E-state index contributed by atoms with van der Waals surface area (Å²) < 4.78 is 6.54. The molecule has 0 bridgehead atoms. The zero-order valence-electron chi connectivity index (χ0n) is 12.3. The highest BCUT2D eigenvalue weighted by Crippen LogP contribution is 2.28. The predicted molar refractivity (Wildman–Crippen MR) is 83.3 cm³/mol. The highest BCUT2D eigenvalue weighted by molar-refractivity contribution is 7.07. The van der Waals surface area contributed by atoms with Crippen LogP contribution in [0.5, 0.6) is 0 Å². The van der Waals surface area contributed by atoms with E-state index < -0.39 is 36.1 Å². The molecule has 1 saturated heterocycles. The van der Waals surface area contributed by atoms with Gasteiger partial charge in [0.2, 0.25) is 0 Å². The SMILES string of the molecule is Nc1ccn([C@@H]2O[C@H](CNC(=O)c3cscn3)[C@@H](O)[C@H]2O)c(=O)n1. The van der Waals surface area contributed by atoms with Gasteiger partial charge < -0.3 is 26.0 Å². The summed E-state index contributed by atoms with van der Waals surface area (Å²) in [7, 11) is 0. The smallest absolute Gasteiger partial charge is 0.351 e. The average Bonchev–Trinajstić information content (AvgIpc) is 3.17. The van der Waals surface area contributed by atoms with Crippen molar-refractivity contribution in [1.29, 1.82) is 0 Å². The lowest BCUT2D eigenvalue weighted by atomic mass is 10.1. The summed E-state index contributed by atoms with van der Waals surface area (Å²) in [5.74, 6) is -0.382. The minimum atomic E-state index is -1.35. The van der Waals surface area contributed by atoms with Gasteiger partial charge in [0.15, 0.2) is 6.23 Å². The van der Waals surface area contributed by atoms with Gasteiger partial charge in [0.05, 0.1) is 5.51 Å². The van der Waals surface area contributed by atoms with E-state index in [1.54, 1.807) is 5.38 Å². The molecule has 4 atom stereocenters. The number of nitrogens with two attached hydrogens (primary N) is 1. The summed E-state index contributed by atoms with van der Waals surface area (Å²) in [5, 5.41) is 24.3. The molecule has 0 saturated carbocycles. The molecule has 1 aliphatic heterocycles. The van der Waals surface area contributed by atoms with Crippen molar-refractivity contribution in [3.8, 4) is 0 Å². The number of thiazole rings is 1. The van der Waals surface area contributed by atoms with E-state index in [-0.39, 0.29) is 18.1 Å². The lowest BCUT2D eigenvalue weighted by Crippen LogP contribution is -2.40. The number of aromatic nitrogens is 3. The van der Waals surface area contributed by atoms with Crippen molar-refractivity contribution in [1.82, 2.24) is 19.9 Å². The van der Waals surface area contributed by atoms with Crippen molar-refractivity contribution >= 4 is 23.1 Å².